The minimum atomic E-state index is -0.890. The van der Waals surface area contributed by atoms with Crippen LogP contribution in [0, 0.1) is 5.92 Å². The van der Waals surface area contributed by atoms with Gasteiger partial charge < -0.3 is 19.8 Å². The number of carbonyl (C=O) groups is 2. The number of hydrogen-bond donors (Lipinski definition) is 1. The summed E-state index contributed by atoms with van der Waals surface area (Å²) in [7, 11) is 3.94. The fraction of sp³-hybridized carbons (Fsp3) is 0.867. The topological polar surface area (TPSA) is 64.1 Å². The maximum absolute atomic E-state index is 12.7. The van der Waals surface area contributed by atoms with E-state index in [2.05, 4.69) is 0 Å². The van der Waals surface area contributed by atoms with Gasteiger partial charge in [-0.15, -0.1) is 0 Å². The number of amides is 2. The third-order valence-electron chi connectivity index (χ3n) is 3.98. The Morgan fingerprint density at radius 3 is 2.43 bits per heavy atom. The van der Waals surface area contributed by atoms with Crippen molar-refractivity contribution in [1.29, 1.82) is 0 Å². The normalized spacial score (nSPS) is 22.4. The number of carboxylic acid groups (broad SMARTS) is 1. The van der Waals surface area contributed by atoms with E-state index < -0.39 is 12.0 Å². The number of rotatable bonds is 6. The second kappa shape index (κ2) is 8.22. The summed E-state index contributed by atoms with van der Waals surface area (Å²) in [6, 6.07) is -0.807. The highest BCUT2D eigenvalue weighted by Crippen LogP contribution is 2.24. The minimum Gasteiger partial charge on any atom is -0.480 e. The van der Waals surface area contributed by atoms with Crippen molar-refractivity contribution in [3.63, 3.8) is 0 Å². The number of likely N-dealkylation sites (tertiary alicyclic amines) is 1. The SMILES string of the molecule is CCCN(CCN(C)C)C(=O)N1CCC(C)CC1C(=O)O. The first kappa shape index (κ1) is 17.8. The number of carboxylic acids is 1. The van der Waals surface area contributed by atoms with Crippen LogP contribution >= 0.6 is 0 Å². The molecule has 1 fully saturated rings. The van der Waals surface area contributed by atoms with Gasteiger partial charge in [0.05, 0.1) is 0 Å². The Morgan fingerprint density at radius 2 is 1.90 bits per heavy atom. The Bertz CT molecular complexity index is 360. The Kier molecular flexibility index (Phi) is 6.95. The molecule has 0 radical (unpaired) electrons. The van der Waals surface area contributed by atoms with Gasteiger partial charge >= 0.3 is 12.0 Å². The lowest BCUT2D eigenvalue weighted by atomic mass is 9.92. The lowest BCUT2D eigenvalue weighted by Gasteiger charge is -2.39. The van der Waals surface area contributed by atoms with E-state index in [1.165, 1.54) is 0 Å². The molecule has 2 atom stereocenters. The molecule has 0 aromatic rings. The van der Waals surface area contributed by atoms with Gasteiger partial charge in [-0.1, -0.05) is 13.8 Å². The van der Waals surface area contributed by atoms with Crippen LogP contribution < -0.4 is 0 Å². The Morgan fingerprint density at radius 1 is 1.24 bits per heavy atom. The van der Waals surface area contributed by atoms with E-state index in [-0.39, 0.29) is 6.03 Å². The molecular formula is C15H29N3O3. The van der Waals surface area contributed by atoms with Gasteiger partial charge in [0.2, 0.25) is 0 Å². The highest BCUT2D eigenvalue weighted by atomic mass is 16.4. The first-order valence-electron chi connectivity index (χ1n) is 7.79. The number of piperidine rings is 1. The van der Waals surface area contributed by atoms with E-state index in [0.717, 1.165) is 19.4 Å². The van der Waals surface area contributed by atoms with Crippen LogP contribution in [-0.4, -0.2) is 78.1 Å². The van der Waals surface area contributed by atoms with E-state index in [4.69, 9.17) is 0 Å². The molecule has 1 aliphatic heterocycles. The molecule has 0 saturated carbocycles. The highest BCUT2D eigenvalue weighted by molar-refractivity contribution is 5.83. The second-order valence-corrected chi connectivity index (χ2v) is 6.25. The van der Waals surface area contributed by atoms with Crippen molar-refractivity contribution in [2.75, 3.05) is 40.3 Å². The summed E-state index contributed by atoms with van der Waals surface area (Å²) in [5.74, 6) is -0.532. The number of nitrogens with zero attached hydrogens (tertiary/aromatic N) is 3. The molecule has 0 aliphatic carbocycles. The van der Waals surface area contributed by atoms with Crippen LogP contribution in [0.25, 0.3) is 0 Å². The monoisotopic (exact) mass is 299 g/mol. The van der Waals surface area contributed by atoms with Crippen molar-refractivity contribution >= 4 is 12.0 Å². The van der Waals surface area contributed by atoms with Crippen LogP contribution in [-0.2, 0) is 4.79 Å². The molecule has 6 nitrogen and oxygen atoms in total. The molecule has 0 aromatic carbocycles. The zero-order valence-electron chi connectivity index (χ0n) is 13.7. The van der Waals surface area contributed by atoms with Gasteiger partial charge in [-0.05, 0) is 39.3 Å². The summed E-state index contributed by atoms with van der Waals surface area (Å²) in [5, 5.41) is 9.38. The zero-order chi connectivity index (χ0) is 16.0. The number of likely N-dealkylation sites (N-methyl/N-ethyl adjacent to an activating group) is 1. The third-order valence-corrected chi connectivity index (χ3v) is 3.98. The molecular weight excluding hydrogens is 270 g/mol. The molecule has 2 unspecified atom stereocenters. The van der Waals surface area contributed by atoms with Crippen LogP contribution in [0.4, 0.5) is 4.79 Å². The van der Waals surface area contributed by atoms with E-state index >= 15 is 0 Å². The maximum Gasteiger partial charge on any atom is 0.326 e. The highest BCUT2D eigenvalue weighted by Gasteiger charge is 2.36. The Hall–Kier alpha value is -1.30. The van der Waals surface area contributed by atoms with Gasteiger partial charge in [0.1, 0.15) is 6.04 Å². The molecule has 1 heterocycles. The van der Waals surface area contributed by atoms with Crippen molar-refractivity contribution in [1.82, 2.24) is 14.7 Å². The minimum absolute atomic E-state index is 0.127. The smallest absolute Gasteiger partial charge is 0.326 e. The van der Waals surface area contributed by atoms with Crippen LogP contribution in [0.3, 0.4) is 0 Å². The molecule has 1 rings (SSSR count). The quantitative estimate of drug-likeness (QED) is 0.808. The van der Waals surface area contributed by atoms with Crippen molar-refractivity contribution in [2.24, 2.45) is 5.92 Å². The fourth-order valence-corrected chi connectivity index (χ4v) is 2.68. The Balaban J connectivity index is 2.77. The molecule has 1 N–H and O–H groups in total. The van der Waals surface area contributed by atoms with Crippen LogP contribution in [0.1, 0.15) is 33.1 Å². The largest absolute Gasteiger partial charge is 0.480 e. The van der Waals surface area contributed by atoms with Crippen molar-refractivity contribution in [3.05, 3.63) is 0 Å². The molecule has 2 amide bonds. The van der Waals surface area contributed by atoms with Crippen molar-refractivity contribution < 1.29 is 14.7 Å². The summed E-state index contributed by atoms with van der Waals surface area (Å²) in [6.45, 7) is 6.71. The molecule has 21 heavy (non-hydrogen) atoms. The van der Waals surface area contributed by atoms with E-state index in [9.17, 15) is 14.7 Å². The van der Waals surface area contributed by atoms with E-state index in [1.807, 2.05) is 32.8 Å². The standard InChI is InChI=1S/C15H29N3O3/c1-5-7-17(10-9-16(3)4)15(21)18-8-6-12(2)11-13(18)14(19)20/h12-13H,5-11H2,1-4H3,(H,19,20). The summed E-state index contributed by atoms with van der Waals surface area (Å²) >= 11 is 0. The lowest BCUT2D eigenvalue weighted by molar-refractivity contribution is -0.144. The first-order valence-corrected chi connectivity index (χ1v) is 7.79. The lowest BCUT2D eigenvalue weighted by Crippen LogP contribution is -2.55. The number of carbonyl (C=O) groups excluding carboxylic acids is 1. The summed E-state index contributed by atoms with van der Waals surface area (Å²) in [6.07, 6.45) is 2.30. The third kappa shape index (κ3) is 5.19. The Labute approximate surface area is 127 Å². The average molecular weight is 299 g/mol. The van der Waals surface area contributed by atoms with Crippen LogP contribution in [0.2, 0.25) is 0 Å². The van der Waals surface area contributed by atoms with Gasteiger partial charge in [-0.25, -0.2) is 9.59 Å². The van der Waals surface area contributed by atoms with Gasteiger partial charge in [-0.3, -0.25) is 0 Å². The summed E-state index contributed by atoms with van der Waals surface area (Å²) in [5.41, 5.74) is 0. The summed E-state index contributed by atoms with van der Waals surface area (Å²) < 4.78 is 0. The molecule has 6 heteroatoms. The molecule has 0 spiro atoms. The van der Waals surface area contributed by atoms with Crippen molar-refractivity contribution in [3.8, 4) is 0 Å². The predicted molar refractivity (Wildman–Crippen MR) is 82.3 cm³/mol. The molecule has 1 saturated heterocycles. The molecule has 122 valence electrons. The van der Waals surface area contributed by atoms with Crippen molar-refractivity contribution in [2.45, 2.75) is 39.2 Å². The number of urea groups is 1. The molecule has 1 aliphatic rings. The van der Waals surface area contributed by atoms with E-state index in [1.54, 1.807) is 9.80 Å². The average Bonchev–Trinajstić information content (AvgIpc) is 2.42. The molecule has 0 bridgehead atoms. The first-order chi connectivity index (χ1) is 9.86. The fourth-order valence-electron chi connectivity index (χ4n) is 2.68. The predicted octanol–water partition coefficient (Wildman–Crippen LogP) is 1.57. The second-order valence-electron chi connectivity index (χ2n) is 6.25. The zero-order valence-corrected chi connectivity index (χ0v) is 13.7. The van der Waals surface area contributed by atoms with E-state index in [0.29, 0.717) is 32.0 Å². The van der Waals surface area contributed by atoms with Gasteiger partial charge in [-0.2, -0.15) is 0 Å². The van der Waals surface area contributed by atoms with Crippen LogP contribution in [0.5, 0.6) is 0 Å². The van der Waals surface area contributed by atoms with Gasteiger partial charge in [0.15, 0.2) is 0 Å². The maximum atomic E-state index is 12.7. The summed E-state index contributed by atoms with van der Waals surface area (Å²) in [4.78, 5) is 29.5. The van der Waals surface area contributed by atoms with Crippen LogP contribution in [0.15, 0.2) is 0 Å². The number of aliphatic carboxylic acids is 1. The number of hydrogen-bond acceptors (Lipinski definition) is 3. The van der Waals surface area contributed by atoms with Gasteiger partial charge in [0.25, 0.3) is 0 Å². The van der Waals surface area contributed by atoms with Gasteiger partial charge in [0, 0.05) is 26.2 Å². The molecule has 0 aromatic heterocycles.